The molecule has 0 N–H and O–H groups in total. The highest BCUT2D eigenvalue weighted by atomic mass is 32.1. The predicted octanol–water partition coefficient (Wildman–Crippen LogP) is 3.92. The summed E-state index contributed by atoms with van der Waals surface area (Å²) in [6.45, 7) is 3.60. The molecule has 0 radical (unpaired) electrons. The zero-order valence-corrected chi connectivity index (χ0v) is 15.1. The van der Waals surface area contributed by atoms with Crippen LogP contribution in [-0.2, 0) is 13.0 Å². The molecular formula is C21H19FN2OS. The Hall–Kier alpha value is -2.24. The fourth-order valence-corrected chi connectivity index (χ4v) is 4.97. The SMILES string of the molecule is O=C(c1cc2cc(F)ccc2s1)N1CC(N2CCc3ccccc3C2)C1. The lowest BCUT2D eigenvalue weighted by atomic mass is 9.96. The Morgan fingerprint density at radius 1 is 1.08 bits per heavy atom. The molecule has 3 heterocycles. The Morgan fingerprint density at radius 3 is 2.73 bits per heavy atom. The molecule has 0 atom stereocenters. The average Bonchev–Trinajstić information content (AvgIpc) is 3.03. The lowest BCUT2D eigenvalue weighted by molar-refractivity contribution is 0.0222. The van der Waals surface area contributed by atoms with E-state index in [0.29, 0.717) is 10.9 Å². The number of likely N-dealkylation sites (tertiary alicyclic amines) is 1. The molecule has 2 aliphatic rings. The van der Waals surface area contributed by atoms with Crippen LogP contribution < -0.4 is 0 Å². The van der Waals surface area contributed by atoms with E-state index < -0.39 is 0 Å². The number of carbonyl (C=O) groups is 1. The van der Waals surface area contributed by atoms with Gasteiger partial charge < -0.3 is 4.90 Å². The molecule has 1 aromatic heterocycles. The van der Waals surface area contributed by atoms with E-state index in [0.717, 1.165) is 42.7 Å². The Kier molecular flexibility index (Phi) is 3.80. The fourth-order valence-electron chi connectivity index (χ4n) is 3.96. The minimum Gasteiger partial charge on any atom is -0.335 e. The number of rotatable bonds is 2. The first-order chi connectivity index (χ1) is 12.7. The predicted molar refractivity (Wildman–Crippen MR) is 102 cm³/mol. The molecule has 2 aromatic carbocycles. The smallest absolute Gasteiger partial charge is 0.264 e. The third-order valence-corrected chi connectivity index (χ3v) is 6.62. The molecule has 0 aliphatic carbocycles. The summed E-state index contributed by atoms with van der Waals surface area (Å²) in [4.78, 5) is 17.8. The van der Waals surface area contributed by atoms with Crippen LogP contribution in [0.4, 0.5) is 4.39 Å². The van der Waals surface area contributed by atoms with E-state index in [1.165, 1.54) is 34.6 Å². The van der Waals surface area contributed by atoms with Gasteiger partial charge in [0.2, 0.25) is 0 Å². The largest absolute Gasteiger partial charge is 0.335 e. The zero-order chi connectivity index (χ0) is 17.7. The number of hydrogen-bond donors (Lipinski definition) is 0. The van der Waals surface area contributed by atoms with Crippen molar-refractivity contribution in [3.8, 4) is 0 Å². The number of fused-ring (bicyclic) bond motifs is 2. The van der Waals surface area contributed by atoms with Crippen LogP contribution in [-0.4, -0.2) is 41.4 Å². The standard InChI is InChI=1S/C21H19FN2OS/c22-17-5-6-19-16(9-17)10-20(26-19)21(25)24-12-18(13-24)23-8-7-14-3-1-2-4-15(14)11-23/h1-6,9-10,18H,7-8,11-13H2. The van der Waals surface area contributed by atoms with E-state index >= 15 is 0 Å². The highest BCUT2D eigenvalue weighted by molar-refractivity contribution is 7.20. The summed E-state index contributed by atoms with van der Waals surface area (Å²) in [5.74, 6) is -0.191. The van der Waals surface area contributed by atoms with Gasteiger partial charge in [-0.3, -0.25) is 9.69 Å². The normalized spacial score (nSPS) is 18.0. The minimum absolute atomic E-state index is 0.0697. The molecule has 1 fully saturated rings. The van der Waals surface area contributed by atoms with Crippen molar-refractivity contribution in [3.05, 3.63) is 70.4 Å². The van der Waals surface area contributed by atoms with Crippen molar-refractivity contribution in [3.63, 3.8) is 0 Å². The van der Waals surface area contributed by atoms with Gasteiger partial charge in [-0.15, -0.1) is 11.3 Å². The molecule has 5 heteroatoms. The maximum absolute atomic E-state index is 13.3. The van der Waals surface area contributed by atoms with Crippen molar-refractivity contribution in [2.24, 2.45) is 0 Å². The van der Waals surface area contributed by atoms with Crippen molar-refractivity contribution >= 4 is 27.3 Å². The van der Waals surface area contributed by atoms with Gasteiger partial charge in [-0.05, 0) is 47.2 Å². The molecule has 3 nitrogen and oxygen atoms in total. The minimum atomic E-state index is -0.260. The summed E-state index contributed by atoms with van der Waals surface area (Å²) in [5, 5.41) is 0.808. The van der Waals surface area contributed by atoms with Crippen molar-refractivity contribution in [1.29, 1.82) is 0 Å². The lowest BCUT2D eigenvalue weighted by Gasteiger charge is -2.46. The number of thiophene rings is 1. The maximum Gasteiger partial charge on any atom is 0.264 e. The first-order valence-electron chi connectivity index (χ1n) is 8.96. The molecule has 0 unspecified atom stereocenters. The molecule has 0 bridgehead atoms. The van der Waals surface area contributed by atoms with E-state index in [9.17, 15) is 9.18 Å². The van der Waals surface area contributed by atoms with Crippen molar-refractivity contribution in [2.45, 2.75) is 19.0 Å². The summed E-state index contributed by atoms with van der Waals surface area (Å²) < 4.78 is 14.3. The maximum atomic E-state index is 13.3. The number of hydrogen-bond acceptors (Lipinski definition) is 3. The summed E-state index contributed by atoms with van der Waals surface area (Å²) in [6, 6.07) is 15.6. The lowest BCUT2D eigenvalue weighted by Crippen LogP contribution is -2.61. The van der Waals surface area contributed by atoms with Gasteiger partial charge in [0.05, 0.1) is 4.88 Å². The van der Waals surface area contributed by atoms with Gasteiger partial charge in [0.25, 0.3) is 5.91 Å². The van der Waals surface area contributed by atoms with Crippen molar-refractivity contribution in [1.82, 2.24) is 9.80 Å². The number of halogens is 1. The fraction of sp³-hybridized carbons (Fsp3) is 0.286. The highest BCUT2D eigenvalue weighted by Crippen LogP contribution is 2.30. The third kappa shape index (κ3) is 2.72. The number of carbonyl (C=O) groups excluding carboxylic acids is 1. The molecule has 0 saturated carbocycles. The second-order valence-corrected chi connectivity index (χ2v) is 8.23. The van der Waals surface area contributed by atoms with E-state index in [-0.39, 0.29) is 11.7 Å². The Balaban J connectivity index is 1.25. The average molecular weight is 366 g/mol. The second-order valence-electron chi connectivity index (χ2n) is 7.15. The van der Waals surface area contributed by atoms with Crippen molar-refractivity contribution in [2.75, 3.05) is 19.6 Å². The van der Waals surface area contributed by atoms with Crippen LogP contribution in [0.25, 0.3) is 10.1 Å². The first-order valence-corrected chi connectivity index (χ1v) is 9.78. The van der Waals surface area contributed by atoms with Crippen LogP contribution >= 0.6 is 11.3 Å². The first kappa shape index (κ1) is 16.0. The topological polar surface area (TPSA) is 23.6 Å². The summed E-state index contributed by atoms with van der Waals surface area (Å²) in [5.41, 5.74) is 2.86. The quantitative estimate of drug-likeness (QED) is 0.686. The van der Waals surface area contributed by atoms with Crippen molar-refractivity contribution < 1.29 is 9.18 Å². The summed E-state index contributed by atoms with van der Waals surface area (Å²) >= 11 is 1.45. The molecule has 26 heavy (non-hydrogen) atoms. The number of amides is 1. The van der Waals surface area contributed by atoms with Gasteiger partial charge in [-0.2, -0.15) is 0 Å². The van der Waals surface area contributed by atoms with Gasteiger partial charge in [-0.25, -0.2) is 4.39 Å². The highest BCUT2D eigenvalue weighted by Gasteiger charge is 2.36. The molecule has 5 rings (SSSR count). The monoisotopic (exact) mass is 366 g/mol. The van der Waals surface area contributed by atoms with Gasteiger partial charge >= 0.3 is 0 Å². The second kappa shape index (κ2) is 6.18. The molecular weight excluding hydrogens is 347 g/mol. The van der Waals surface area contributed by atoms with E-state index in [2.05, 4.69) is 29.2 Å². The van der Waals surface area contributed by atoms with Crippen LogP contribution in [0.1, 0.15) is 20.8 Å². The van der Waals surface area contributed by atoms with Crippen LogP contribution in [0, 0.1) is 5.82 Å². The molecule has 132 valence electrons. The van der Waals surface area contributed by atoms with E-state index in [4.69, 9.17) is 0 Å². The van der Waals surface area contributed by atoms with Gasteiger partial charge in [0.1, 0.15) is 5.82 Å². The molecule has 3 aromatic rings. The van der Waals surface area contributed by atoms with Gasteiger partial charge in [0.15, 0.2) is 0 Å². The van der Waals surface area contributed by atoms with Crippen LogP contribution in [0.15, 0.2) is 48.5 Å². The Labute approximate surface area is 155 Å². The number of benzene rings is 2. The molecule has 0 spiro atoms. The third-order valence-electron chi connectivity index (χ3n) is 5.52. The molecule has 2 aliphatic heterocycles. The Bertz CT molecular complexity index is 993. The van der Waals surface area contributed by atoms with Gasteiger partial charge in [0, 0.05) is 36.9 Å². The zero-order valence-electron chi connectivity index (χ0n) is 14.3. The Morgan fingerprint density at radius 2 is 1.88 bits per heavy atom. The van der Waals surface area contributed by atoms with Gasteiger partial charge in [-0.1, -0.05) is 24.3 Å². The summed E-state index contributed by atoms with van der Waals surface area (Å²) in [6.07, 6.45) is 1.09. The van der Waals surface area contributed by atoms with E-state index in [1.807, 2.05) is 11.0 Å². The van der Waals surface area contributed by atoms with Crippen LogP contribution in [0.5, 0.6) is 0 Å². The molecule has 1 saturated heterocycles. The summed E-state index contributed by atoms with van der Waals surface area (Å²) in [7, 11) is 0. The van der Waals surface area contributed by atoms with Crippen LogP contribution in [0.2, 0.25) is 0 Å². The van der Waals surface area contributed by atoms with E-state index in [1.54, 1.807) is 6.07 Å². The number of nitrogens with zero attached hydrogens (tertiary/aromatic N) is 2. The molecule has 1 amide bonds. The van der Waals surface area contributed by atoms with Crippen LogP contribution in [0.3, 0.4) is 0 Å².